The molecule has 2 unspecified atom stereocenters. The van der Waals surface area contributed by atoms with Crippen molar-refractivity contribution >= 4 is 15.9 Å². The van der Waals surface area contributed by atoms with Crippen LogP contribution in [0.1, 0.15) is 41.0 Å². The van der Waals surface area contributed by atoms with Crippen molar-refractivity contribution in [2.24, 2.45) is 0 Å². The molecule has 1 saturated carbocycles. The van der Waals surface area contributed by atoms with Crippen molar-refractivity contribution < 1.29 is 17.2 Å². The van der Waals surface area contributed by atoms with Crippen LogP contribution in [0, 0.1) is 24.1 Å². The van der Waals surface area contributed by atoms with Gasteiger partial charge in [0.05, 0.1) is 4.90 Å². The molecule has 2 atom stereocenters. The molecule has 0 spiro atoms. The van der Waals surface area contributed by atoms with Crippen LogP contribution in [0.15, 0.2) is 57.8 Å². The average molecular weight is 467 g/mol. The van der Waals surface area contributed by atoms with E-state index in [1.165, 1.54) is 16.4 Å². The first-order valence-corrected chi connectivity index (χ1v) is 12.3. The van der Waals surface area contributed by atoms with E-state index in [0.717, 1.165) is 17.5 Å². The highest BCUT2D eigenvalue weighted by atomic mass is 32.2. The number of sulfonamides is 1. The monoisotopic (exact) mass is 466 g/mol. The van der Waals surface area contributed by atoms with Crippen molar-refractivity contribution in [3.05, 3.63) is 77.1 Å². The highest BCUT2D eigenvalue weighted by Gasteiger charge is 2.44. The maximum absolute atomic E-state index is 13.6. The number of benzene rings is 2. The van der Waals surface area contributed by atoms with E-state index in [0.29, 0.717) is 24.9 Å². The lowest BCUT2D eigenvalue weighted by Crippen LogP contribution is -2.48. The van der Waals surface area contributed by atoms with Crippen molar-refractivity contribution in [3.63, 3.8) is 0 Å². The number of aryl methyl sites for hydroxylation is 1. The molecule has 2 aliphatic rings. The molecule has 0 N–H and O–H groups in total. The molecule has 1 aliphatic carbocycles. The van der Waals surface area contributed by atoms with Gasteiger partial charge in [-0.25, -0.2) is 17.8 Å². The number of nitrogens with zero attached hydrogens (tertiary/aromatic N) is 4. The van der Waals surface area contributed by atoms with Gasteiger partial charge in [0.2, 0.25) is 27.5 Å². The Morgan fingerprint density at radius 2 is 1.82 bits per heavy atom. The number of nitriles is 1. The van der Waals surface area contributed by atoms with Crippen LogP contribution in [-0.2, 0) is 10.0 Å². The molecule has 0 radical (unpaired) electrons. The number of anilines is 1. The SMILES string of the molecule is Cc1ccc(S(=O)(=O)N2CCN(c3oc(C4CC4c4cccc(F)c4)nc3C#N)CC2)cc1. The molecular formula is C24H23FN4O3S. The van der Waals surface area contributed by atoms with E-state index in [-0.39, 0.29) is 41.3 Å². The van der Waals surface area contributed by atoms with Crippen LogP contribution in [0.3, 0.4) is 0 Å². The zero-order chi connectivity index (χ0) is 23.2. The number of hydrogen-bond acceptors (Lipinski definition) is 6. The summed E-state index contributed by atoms with van der Waals surface area (Å²) < 4.78 is 46.9. The highest BCUT2D eigenvalue weighted by Crippen LogP contribution is 2.55. The van der Waals surface area contributed by atoms with Gasteiger partial charge >= 0.3 is 0 Å². The fourth-order valence-corrected chi connectivity index (χ4v) is 5.76. The molecule has 1 aliphatic heterocycles. The summed E-state index contributed by atoms with van der Waals surface area (Å²) in [7, 11) is -3.57. The third kappa shape index (κ3) is 4.12. The normalized spacial score (nSPS) is 21.1. The largest absolute Gasteiger partial charge is 0.423 e. The van der Waals surface area contributed by atoms with Crippen molar-refractivity contribution in [2.45, 2.75) is 30.1 Å². The summed E-state index contributed by atoms with van der Waals surface area (Å²) in [6.45, 7) is 3.27. The van der Waals surface area contributed by atoms with Gasteiger partial charge in [-0.15, -0.1) is 0 Å². The van der Waals surface area contributed by atoms with Gasteiger partial charge < -0.3 is 9.32 Å². The average Bonchev–Trinajstić information content (AvgIpc) is 3.51. The van der Waals surface area contributed by atoms with Crippen LogP contribution < -0.4 is 4.90 Å². The lowest BCUT2D eigenvalue weighted by atomic mass is 10.1. The molecular weight excluding hydrogens is 443 g/mol. The van der Waals surface area contributed by atoms with E-state index in [1.54, 1.807) is 30.3 Å². The van der Waals surface area contributed by atoms with Crippen molar-refractivity contribution in [2.75, 3.05) is 31.1 Å². The molecule has 33 heavy (non-hydrogen) atoms. The quantitative estimate of drug-likeness (QED) is 0.569. The van der Waals surface area contributed by atoms with Crippen molar-refractivity contribution in [3.8, 4) is 6.07 Å². The van der Waals surface area contributed by atoms with Crippen LogP contribution in [0.5, 0.6) is 0 Å². The maximum atomic E-state index is 13.6. The second kappa shape index (κ2) is 8.28. The second-order valence-corrected chi connectivity index (χ2v) is 10.5. The van der Waals surface area contributed by atoms with Gasteiger partial charge in [0.1, 0.15) is 11.9 Å². The lowest BCUT2D eigenvalue weighted by Gasteiger charge is -2.33. The van der Waals surface area contributed by atoms with Crippen LogP contribution in [0.2, 0.25) is 0 Å². The molecule has 2 heterocycles. The molecule has 2 fully saturated rings. The Labute approximate surface area is 192 Å². The predicted molar refractivity (Wildman–Crippen MR) is 120 cm³/mol. The number of aromatic nitrogens is 1. The number of rotatable bonds is 5. The van der Waals surface area contributed by atoms with Gasteiger partial charge in [0.25, 0.3) is 0 Å². The Morgan fingerprint density at radius 3 is 2.48 bits per heavy atom. The minimum absolute atomic E-state index is 0.0101. The fraction of sp³-hybridized carbons (Fsp3) is 0.333. The summed E-state index contributed by atoms with van der Waals surface area (Å²) in [5.74, 6) is 0.712. The van der Waals surface area contributed by atoms with Crippen molar-refractivity contribution in [1.82, 2.24) is 9.29 Å². The second-order valence-electron chi connectivity index (χ2n) is 8.53. The Balaban J connectivity index is 1.29. The summed E-state index contributed by atoms with van der Waals surface area (Å²) in [5, 5.41) is 9.58. The topological polar surface area (TPSA) is 90.4 Å². The molecule has 2 aromatic carbocycles. The van der Waals surface area contributed by atoms with E-state index < -0.39 is 10.0 Å². The predicted octanol–water partition coefficient (Wildman–Crippen LogP) is 3.78. The summed E-state index contributed by atoms with van der Waals surface area (Å²) in [4.78, 5) is 6.54. The number of oxazole rings is 1. The third-order valence-electron chi connectivity index (χ3n) is 6.30. The van der Waals surface area contributed by atoms with Gasteiger partial charge in [0.15, 0.2) is 0 Å². The Bertz CT molecular complexity index is 1320. The molecule has 7 nitrogen and oxygen atoms in total. The summed E-state index contributed by atoms with van der Waals surface area (Å²) in [5.41, 5.74) is 2.09. The first kappa shape index (κ1) is 21.6. The van der Waals surface area contributed by atoms with Crippen LogP contribution >= 0.6 is 0 Å². The zero-order valence-corrected chi connectivity index (χ0v) is 18.9. The van der Waals surface area contributed by atoms with E-state index in [4.69, 9.17) is 4.42 Å². The highest BCUT2D eigenvalue weighted by molar-refractivity contribution is 7.89. The van der Waals surface area contributed by atoms with Crippen LogP contribution in [-0.4, -0.2) is 43.9 Å². The minimum atomic E-state index is -3.57. The number of hydrogen-bond donors (Lipinski definition) is 0. The maximum Gasteiger partial charge on any atom is 0.243 e. The zero-order valence-electron chi connectivity index (χ0n) is 18.1. The Kier molecular flexibility index (Phi) is 5.43. The third-order valence-corrected chi connectivity index (χ3v) is 8.21. The molecule has 3 aromatic rings. The summed E-state index contributed by atoms with van der Waals surface area (Å²) in [6, 6.07) is 15.4. The molecule has 170 valence electrons. The standard InChI is InChI=1S/C24H23FN4O3S/c1-16-5-7-19(8-6-16)33(30,31)29-11-9-28(10-12-29)24-22(15-26)27-23(32-24)21-14-20(21)17-3-2-4-18(25)13-17/h2-8,13,20-21H,9-12,14H2,1H3. The summed E-state index contributed by atoms with van der Waals surface area (Å²) in [6.07, 6.45) is 0.789. The fourth-order valence-electron chi connectivity index (χ4n) is 4.34. The van der Waals surface area contributed by atoms with Crippen LogP contribution in [0.4, 0.5) is 10.3 Å². The molecule has 0 amide bonds. The molecule has 1 aromatic heterocycles. The minimum Gasteiger partial charge on any atom is -0.423 e. The number of piperazine rings is 1. The molecule has 1 saturated heterocycles. The van der Waals surface area contributed by atoms with E-state index in [2.05, 4.69) is 11.1 Å². The lowest BCUT2D eigenvalue weighted by molar-refractivity contribution is 0.370. The molecule has 9 heteroatoms. The number of halogens is 1. The van der Waals surface area contributed by atoms with Crippen molar-refractivity contribution in [1.29, 1.82) is 5.26 Å². The van der Waals surface area contributed by atoms with Gasteiger partial charge in [-0.1, -0.05) is 29.8 Å². The first-order chi connectivity index (χ1) is 15.9. The van der Waals surface area contributed by atoms with Gasteiger partial charge in [-0.05, 0) is 49.1 Å². The van der Waals surface area contributed by atoms with Crippen LogP contribution in [0.25, 0.3) is 0 Å². The Morgan fingerprint density at radius 1 is 1.09 bits per heavy atom. The first-order valence-electron chi connectivity index (χ1n) is 10.8. The molecule has 0 bridgehead atoms. The summed E-state index contributed by atoms with van der Waals surface area (Å²) >= 11 is 0. The van der Waals surface area contributed by atoms with Gasteiger partial charge in [-0.2, -0.15) is 9.57 Å². The van der Waals surface area contributed by atoms with E-state index in [9.17, 15) is 18.1 Å². The molecule has 5 rings (SSSR count). The van der Waals surface area contributed by atoms with Gasteiger partial charge in [-0.3, -0.25) is 0 Å². The smallest absolute Gasteiger partial charge is 0.243 e. The van der Waals surface area contributed by atoms with E-state index in [1.807, 2.05) is 17.9 Å². The van der Waals surface area contributed by atoms with E-state index >= 15 is 0 Å². The Hall–Kier alpha value is -3.22. The van der Waals surface area contributed by atoms with Gasteiger partial charge in [0, 0.05) is 32.1 Å².